The van der Waals surface area contributed by atoms with E-state index in [9.17, 15) is 4.79 Å². The molecule has 1 heterocycles. The Labute approximate surface area is 149 Å². The number of nitrogens with zero attached hydrogens (tertiary/aromatic N) is 1. The zero-order valence-electron chi connectivity index (χ0n) is 12.8. The van der Waals surface area contributed by atoms with Crippen LogP contribution in [0.1, 0.15) is 15.9 Å². The number of carbonyl (C=O) groups excluding carboxylic acids is 1. The van der Waals surface area contributed by atoms with Crippen molar-refractivity contribution in [2.24, 2.45) is 0 Å². The Balaban J connectivity index is 1.72. The summed E-state index contributed by atoms with van der Waals surface area (Å²) in [5.41, 5.74) is 2.07. The number of carbonyl (C=O) groups is 1. The van der Waals surface area contributed by atoms with Gasteiger partial charge in [-0.05, 0) is 29.8 Å². The van der Waals surface area contributed by atoms with Gasteiger partial charge in [0.15, 0.2) is 0 Å². The molecule has 2 aromatic carbocycles. The first-order valence-electron chi connectivity index (χ1n) is 7.70. The second-order valence-corrected chi connectivity index (χ2v) is 7.39. The topological polar surface area (TPSA) is 32.3 Å². The number of benzene rings is 2. The Morgan fingerprint density at radius 2 is 1.78 bits per heavy atom. The molecule has 3 rings (SSSR count). The number of nitrogens with one attached hydrogen (secondary N) is 1. The van der Waals surface area contributed by atoms with E-state index in [1.54, 1.807) is 11.8 Å². The number of hydrogen-bond acceptors (Lipinski definition) is 3. The molecule has 0 radical (unpaired) electrons. The van der Waals surface area contributed by atoms with Crippen molar-refractivity contribution in [3.8, 4) is 0 Å². The summed E-state index contributed by atoms with van der Waals surface area (Å²) in [6.07, 6.45) is 0. The Morgan fingerprint density at radius 1 is 1.09 bits per heavy atom. The van der Waals surface area contributed by atoms with Gasteiger partial charge in [0.25, 0.3) is 5.91 Å². The number of rotatable bonds is 4. The second kappa shape index (κ2) is 7.99. The van der Waals surface area contributed by atoms with Gasteiger partial charge in [-0.15, -0.1) is 11.8 Å². The summed E-state index contributed by atoms with van der Waals surface area (Å²) >= 11 is 5.17. The van der Waals surface area contributed by atoms with Crippen molar-refractivity contribution in [1.82, 2.24) is 10.2 Å². The van der Waals surface area contributed by atoms with Crippen molar-refractivity contribution in [3.05, 3.63) is 64.1 Å². The SMILES string of the molecule is O=C(c1ccccc1SCc1ccc(Br)cc1)N1CCNCC1. The fraction of sp³-hybridized carbons (Fsp3) is 0.278. The fourth-order valence-electron chi connectivity index (χ4n) is 2.55. The number of hydrogen-bond donors (Lipinski definition) is 1. The van der Waals surface area contributed by atoms with Crippen LogP contribution < -0.4 is 5.32 Å². The van der Waals surface area contributed by atoms with Crippen molar-refractivity contribution >= 4 is 33.6 Å². The normalized spacial score (nSPS) is 14.7. The molecular formula is C18H19BrN2OS. The van der Waals surface area contributed by atoms with Crippen molar-refractivity contribution < 1.29 is 4.79 Å². The molecule has 1 saturated heterocycles. The highest BCUT2D eigenvalue weighted by molar-refractivity contribution is 9.10. The van der Waals surface area contributed by atoms with Crippen LogP contribution >= 0.6 is 27.7 Å². The van der Waals surface area contributed by atoms with Gasteiger partial charge in [0.05, 0.1) is 5.56 Å². The van der Waals surface area contributed by atoms with Gasteiger partial charge in [-0.25, -0.2) is 0 Å². The van der Waals surface area contributed by atoms with Crippen molar-refractivity contribution in [2.75, 3.05) is 26.2 Å². The second-order valence-electron chi connectivity index (χ2n) is 5.45. The average Bonchev–Trinajstić information content (AvgIpc) is 2.62. The number of piperazine rings is 1. The molecule has 5 heteroatoms. The third kappa shape index (κ3) is 4.37. The summed E-state index contributed by atoms with van der Waals surface area (Å²) in [4.78, 5) is 15.7. The molecule has 0 aliphatic carbocycles. The predicted molar refractivity (Wildman–Crippen MR) is 98.9 cm³/mol. The standard InChI is InChI=1S/C18H19BrN2OS/c19-15-7-5-14(6-8-15)13-23-17-4-2-1-3-16(17)18(22)21-11-9-20-10-12-21/h1-8,20H,9-13H2. The minimum Gasteiger partial charge on any atom is -0.336 e. The summed E-state index contributed by atoms with van der Waals surface area (Å²) in [5.74, 6) is 1.00. The molecule has 0 unspecified atom stereocenters. The van der Waals surface area contributed by atoms with Crippen LogP contribution in [0.5, 0.6) is 0 Å². The van der Waals surface area contributed by atoms with E-state index in [1.165, 1.54) is 5.56 Å². The Morgan fingerprint density at radius 3 is 2.52 bits per heavy atom. The first-order valence-corrected chi connectivity index (χ1v) is 9.48. The molecule has 1 aliphatic heterocycles. The average molecular weight is 391 g/mol. The van der Waals surface area contributed by atoms with E-state index in [-0.39, 0.29) is 5.91 Å². The lowest BCUT2D eigenvalue weighted by molar-refractivity contribution is 0.0732. The third-order valence-corrected chi connectivity index (χ3v) is 5.50. The van der Waals surface area contributed by atoms with E-state index in [0.29, 0.717) is 0 Å². The molecule has 0 aromatic heterocycles. The van der Waals surface area contributed by atoms with Gasteiger partial charge in [-0.3, -0.25) is 4.79 Å². The highest BCUT2D eigenvalue weighted by Crippen LogP contribution is 2.27. The molecule has 3 nitrogen and oxygen atoms in total. The molecule has 1 amide bonds. The van der Waals surface area contributed by atoms with E-state index in [0.717, 1.165) is 46.9 Å². The first-order chi connectivity index (χ1) is 11.2. The van der Waals surface area contributed by atoms with Crippen molar-refractivity contribution in [1.29, 1.82) is 0 Å². The summed E-state index contributed by atoms with van der Waals surface area (Å²) in [7, 11) is 0. The summed E-state index contributed by atoms with van der Waals surface area (Å²) < 4.78 is 1.08. The maximum absolute atomic E-state index is 12.8. The molecule has 1 fully saturated rings. The quantitative estimate of drug-likeness (QED) is 0.805. The van der Waals surface area contributed by atoms with Gasteiger partial charge in [0.2, 0.25) is 0 Å². The van der Waals surface area contributed by atoms with Crippen LogP contribution in [0, 0.1) is 0 Å². The van der Waals surface area contributed by atoms with E-state index in [1.807, 2.05) is 41.3 Å². The maximum Gasteiger partial charge on any atom is 0.255 e. The molecule has 2 aromatic rings. The van der Waals surface area contributed by atoms with E-state index in [4.69, 9.17) is 0 Å². The molecule has 0 bridgehead atoms. The Bertz CT molecular complexity index is 669. The number of amides is 1. The zero-order valence-corrected chi connectivity index (χ0v) is 15.2. The van der Waals surface area contributed by atoms with Crippen LogP contribution in [-0.4, -0.2) is 37.0 Å². The minimum atomic E-state index is 0.144. The first kappa shape index (κ1) is 16.6. The maximum atomic E-state index is 12.8. The van der Waals surface area contributed by atoms with Crippen LogP contribution in [-0.2, 0) is 5.75 Å². The molecular weight excluding hydrogens is 372 g/mol. The third-order valence-electron chi connectivity index (χ3n) is 3.83. The lowest BCUT2D eigenvalue weighted by atomic mass is 10.2. The van der Waals surface area contributed by atoms with Crippen molar-refractivity contribution in [2.45, 2.75) is 10.6 Å². The van der Waals surface area contributed by atoms with Gasteiger partial charge in [0, 0.05) is 41.3 Å². The Hall–Kier alpha value is -1.30. The monoisotopic (exact) mass is 390 g/mol. The Kier molecular flexibility index (Phi) is 5.75. The molecule has 23 heavy (non-hydrogen) atoms. The zero-order chi connectivity index (χ0) is 16.1. The van der Waals surface area contributed by atoms with Crippen LogP contribution in [0.3, 0.4) is 0 Å². The molecule has 1 aliphatic rings. The molecule has 0 spiro atoms. The highest BCUT2D eigenvalue weighted by atomic mass is 79.9. The summed E-state index contributed by atoms with van der Waals surface area (Å²) in [6, 6.07) is 16.2. The molecule has 1 N–H and O–H groups in total. The number of halogens is 1. The van der Waals surface area contributed by atoms with Crippen LogP contribution in [0.2, 0.25) is 0 Å². The smallest absolute Gasteiger partial charge is 0.255 e. The lowest BCUT2D eigenvalue weighted by Crippen LogP contribution is -2.46. The molecule has 120 valence electrons. The fourth-order valence-corrected chi connectivity index (χ4v) is 3.81. The van der Waals surface area contributed by atoms with Crippen molar-refractivity contribution in [3.63, 3.8) is 0 Å². The van der Waals surface area contributed by atoms with Gasteiger partial charge < -0.3 is 10.2 Å². The summed E-state index contributed by atoms with van der Waals surface area (Å²) in [6.45, 7) is 3.31. The molecule has 0 saturated carbocycles. The van der Waals surface area contributed by atoms with Crippen LogP contribution in [0.4, 0.5) is 0 Å². The van der Waals surface area contributed by atoms with Gasteiger partial charge in [-0.1, -0.05) is 40.2 Å². The van der Waals surface area contributed by atoms with Gasteiger partial charge in [-0.2, -0.15) is 0 Å². The predicted octanol–water partition coefficient (Wildman–Crippen LogP) is 3.79. The summed E-state index contributed by atoms with van der Waals surface area (Å²) in [5, 5.41) is 3.28. The largest absolute Gasteiger partial charge is 0.336 e. The van der Waals surface area contributed by atoms with E-state index in [2.05, 4.69) is 33.4 Å². The van der Waals surface area contributed by atoms with Crippen LogP contribution in [0.15, 0.2) is 57.9 Å². The number of thioether (sulfide) groups is 1. The highest BCUT2D eigenvalue weighted by Gasteiger charge is 2.20. The van der Waals surface area contributed by atoms with E-state index >= 15 is 0 Å². The van der Waals surface area contributed by atoms with Gasteiger partial charge in [0.1, 0.15) is 0 Å². The lowest BCUT2D eigenvalue weighted by Gasteiger charge is -2.28. The minimum absolute atomic E-state index is 0.144. The molecule has 0 atom stereocenters. The van der Waals surface area contributed by atoms with Gasteiger partial charge >= 0.3 is 0 Å². The van der Waals surface area contributed by atoms with Crippen LogP contribution in [0.25, 0.3) is 0 Å². The van der Waals surface area contributed by atoms with E-state index < -0.39 is 0 Å².